The molecule has 7 nitrogen and oxygen atoms in total. The number of pyridine rings is 1. The Morgan fingerprint density at radius 2 is 1.75 bits per heavy atom. The van der Waals surface area contributed by atoms with E-state index in [1.54, 1.807) is 0 Å². The lowest BCUT2D eigenvalue weighted by Crippen LogP contribution is -2.07. The molecule has 4 N–H and O–H groups in total. The molecule has 0 bridgehead atoms. The number of nitrogens with zero attached hydrogens (tertiary/aromatic N) is 1. The summed E-state index contributed by atoms with van der Waals surface area (Å²) < 4.78 is 0. The number of aromatic nitrogens is 1. The van der Waals surface area contributed by atoms with E-state index in [4.69, 9.17) is 16.4 Å². The first-order chi connectivity index (χ1) is 17.4. The SMILES string of the molecule is C=CC(=O)Nc1cccc2ccc(-c3cccc(CC=O)n3)cc12.CNc1cccc(Cl)c1.NC=O. The van der Waals surface area contributed by atoms with Crippen molar-refractivity contribution in [2.24, 2.45) is 5.73 Å². The Morgan fingerprint density at radius 1 is 1.03 bits per heavy atom. The van der Waals surface area contributed by atoms with Gasteiger partial charge in [-0.3, -0.25) is 14.6 Å². The summed E-state index contributed by atoms with van der Waals surface area (Å²) in [4.78, 5) is 35.4. The van der Waals surface area contributed by atoms with Crippen LogP contribution in [-0.4, -0.2) is 30.6 Å². The Balaban J connectivity index is 0.000000316. The number of nitrogens with one attached hydrogen (secondary N) is 2. The molecule has 4 aromatic rings. The fourth-order valence-corrected chi connectivity index (χ4v) is 3.40. The molecule has 0 aliphatic heterocycles. The second-order valence-corrected chi connectivity index (χ2v) is 7.65. The highest BCUT2D eigenvalue weighted by molar-refractivity contribution is 6.30. The Kier molecular flexibility index (Phi) is 11.3. The summed E-state index contributed by atoms with van der Waals surface area (Å²) in [7, 11) is 1.87. The van der Waals surface area contributed by atoms with Gasteiger partial charge in [0.05, 0.1) is 5.69 Å². The van der Waals surface area contributed by atoms with Crippen molar-refractivity contribution in [2.75, 3.05) is 17.7 Å². The Morgan fingerprint density at radius 3 is 2.39 bits per heavy atom. The zero-order valence-corrected chi connectivity index (χ0v) is 20.5. The second kappa shape index (κ2) is 14.7. The van der Waals surface area contributed by atoms with Gasteiger partial charge < -0.3 is 21.2 Å². The molecule has 0 aliphatic rings. The maximum absolute atomic E-state index is 11.6. The molecule has 3 aromatic carbocycles. The van der Waals surface area contributed by atoms with E-state index < -0.39 is 0 Å². The molecule has 8 heteroatoms. The van der Waals surface area contributed by atoms with Crippen LogP contribution >= 0.6 is 11.6 Å². The molecule has 4 rings (SSSR count). The van der Waals surface area contributed by atoms with Crippen LogP contribution in [0.25, 0.3) is 22.0 Å². The zero-order chi connectivity index (χ0) is 26.3. The molecule has 0 saturated carbocycles. The maximum Gasteiger partial charge on any atom is 0.247 e. The molecule has 0 saturated heterocycles. The molecule has 0 radical (unpaired) electrons. The molecule has 0 spiro atoms. The summed E-state index contributed by atoms with van der Waals surface area (Å²) in [5.41, 5.74) is 8.39. The number of nitrogens with two attached hydrogens (primary N) is 1. The largest absolute Gasteiger partial charge is 0.388 e. The van der Waals surface area contributed by atoms with Crippen molar-refractivity contribution >= 4 is 52.4 Å². The summed E-state index contributed by atoms with van der Waals surface area (Å²) in [6.45, 7) is 3.48. The van der Waals surface area contributed by atoms with E-state index in [2.05, 4.69) is 27.9 Å². The number of aldehydes is 1. The van der Waals surface area contributed by atoms with Gasteiger partial charge in [0.15, 0.2) is 0 Å². The lowest BCUT2D eigenvalue weighted by Gasteiger charge is -2.09. The van der Waals surface area contributed by atoms with E-state index in [0.29, 0.717) is 6.42 Å². The number of hydrogen-bond donors (Lipinski definition) is 3. The molecular weight excluding hydrogens is 476 g/mol. The lowest BCUT2D eigenvalue weighted by atomic mass is 10.0. The zero-order valence-electron chi connectivity index (χ0n) is 19.8. The third-order valence-corrected chi connectivity index (χ3v) is 5.07. The van der Waals surface area contributed by atoms with E-state index in [1.807, 2.05) is 85.9 Å². The first-order valence-corrected chi connectivity index (χ1v) is 11.3. The van der Waals surface area contributed by atoms with Crippen LogP contribution in [-0.2, 0) is 20.8 Å². The van der Waals surface area contributed by atoms with Gasteiger partial charge >= 0.3 is 0 Å². The first-order valence-electron chi connectivity index (χ1n) is 10.9. The van der Waals surface area contributed by atoms with Gasteiger partial charge in [-0.25, -0.2) is 0 Å². The molecule has 0 aliphatic carbocycles. The monoisotopic (exact) mass is 502 g/mol. The molecule has 184 valence electrons. The summed E-state index contributed by atoms with van der Waals surface area (Å²) in [6.07, 6.45) is 2.63. The molecule has 0 fully saturated rings. The van der Waals surface area contributed by atoms with E-state index in [1.165, 1.54) is 6.08 Å². The number of carbonyl (C=O) groups is 3. The third kappa shape index (κ3) is 8.38. The maximum atomic E-state index is 11.6. The number of rotatable bonds is 6. The van der Waals surface area contributed by atoms with Gasteiger partial charge in [-0.1, -0.05) is 54.6 Å². The number of halogens is 1. The van der Waals surface area contributed by atoms with Gasteiger partial charge in [-0.2, -0.15) is 0 Å². The predicted octanol–water partition coefficient (Wildman–Crippen LogP) is 5.25. The van der Waals surface area contributed by atoms with E-state index >= 15 is 0 Å². The molecular formula is C28H27ClN4O3. The van der Waals surface area contributed by atoms with Crippen LogP contribution in [0.4, 0.5) is 11.4 Å². The highest BCUT2D eigenvalue weighted by atomic mass is 35.5. The number of anilines is 2. The summed E-state index contributed by atoms with van der Waals surface area (Å²) in [5.74, 6) is -0.251. The fourth-order valence-electron chi connectivity index (χ4n) is 3.21. The molecule has 1 aromatic heterocycles. The number of benzene rings is 3. The van der Waals surface area contributed by atoms with E-state index in [0.717, 1.165) is 50.4 Å². The third-order valence-electron chi connectivity index (χ3n) is 4.83. The highest BCUT2D eigenvalue weighted by Gasteiger charge is 2.07. The van der Waals surface area contributed by atoms with Crippen LogP contribution in [0.3, 0.4) is 0 Å². The number of amides is 2. The summed E-state index contributed by atoms with van der Waals surface area (Å²) in [5, 5.41) is 8.51. The van der Waals surface area contributed by atoms with Gasteiger partial charge in [0.2, 0.25) is 12.3 Å². The fraction of sp³-hybridized carbons (Fsp3) is 0.0714. The molecule has 1 heterocycles. The van der Waals surface area contributed by atoms with E-state index in [-0.39, 0.29) is 12.3 Å². The molecule has 0 unspecified atom stereocenters. The number of fused-ring (bicyclic) bond motifs is 1. The highest BCUT2D eigenvalue weighted by Crippen LogP contribution is 2.28. The average molecular weight is 503 g/mol. The van der Waals surface area contributed by atoms with Crippen molar-refractivity contribution in [3.8, 4) is 11.3 Å². The number of carbonyl (C=O) groups excluding carboxylic acids is 3. The minimum atomic E-state index is -0.251. The Bertz CT molecular complexity index is 1340. The summed E-state index contributed by atoms with van der Waals surface area (Å²) >= 11 is 5.68. The topological polar surface area (TPSA) is 114 Å². The first kappa shape index (κ1) is 27.8. The van der Waals surface area contributed by atoms with Crippen LogP contribution in [0.5, 0.6) is 0 Å². The lowest BCUT2D eigenvalue weighted by molar-refractivity contribution is -0.112. The van der Waals surface area contributed by atoms with Crippen molar-refractivity contribution in [1.29, 1.82) is 0 Å². The van der Waals surface area contributed by atoms with Crippen LogP contribution < -0.4 is 16.4 Å². The van der Waals surface area contributed by atoms with Gasteiger partial charge in [-0.15, -0.1) is 0 Å². The molecule has 2 amide bonds. The van der Waals surface area contributed by atoms with Crippen molar-refractivity contribution in [3.05, 3.63) is 102 Å². The smallest absolute Gasteiger partial charge is 0.247 e. The van der Waals surface area contributed by atoms with Crippen molar-refractivity contribution < 1.29 is 14.4 Å². The quantitative estimate of drug-likeness (QED) is 0.246. The van der Waals surface area contributed by atoms with Crippen LogP contribution in [0.2, 0.25) is 5.02 Å². The second-order valence-electron chi connectivity index (χ2n) is 7.22. The van der Waals surface area contributed by atoms with Gasteiger partial charge in [0.25, 0.3) is 0 Å². The van der Waals surface area contributed by atoms with Gasteiger partial charge in [-0.05, 0) is 53.9 Å². The standard InChI is InChI=1S/C20H16N2O2.C7H8ClN.CH3NO/c1-2-20(24)22-19-8-3-5-14-9-10-15(13-17(14)19)18-7-4-6-16(21-18)11-12-23;1-9-7-4-2-3-6(8)5-7;2-1-3/h2-10,12-13H,1,11H2,(H,22,24);2-5,9H,1H3;1H,(H2,2,3). The average Bonchev–Trinajstić information content (AvgIpc) is 2.90. The normalized spacial score (nSPS) is 9.50. The number of hydrogen-bond acceptors (Lipinski definition) is 5. The van der Waals surface area contributed by atoms with Gasteiger partial charge in [0.1, 0.15) is 6.29 Å². The van der Waals surface area contributed by atoms with Crippen LogP contribution in [0.15, 0.2) is 91.5 Å². The molecule has 36 heavy (non-hydrogen) atoms. The number of primary amides is 1. The van der Waals surface area contributed by atoms with Gasteiger partial charge in [0, 0.05) is 46.5 Å². The van der Waals surface area contributed by atoms with Crippen molar-refractivity contribution in [2.45, 2.75) is 6.42 Å². The Hall–Kier alpha value is -4.49. The predicted molar refractivity (Wildman–Crippen MR) is 147 cm³/mol. The van der Waals surface area contributed by atoms with Crippen molar-refractivity contribution in [1.82, 2.24) is 4.98 Å². The van der Waals surface area contributed by atoms with E-state index in [9.17, 15) is 9.59 Å². The minimum Gasteiger partial charge on any atom is -0.388 e. The van der Waals surface area contributed by atoms with Crippen LogP contribution in [0, 0.1) is 0 Å². The summed E-state index contributed by atoms with van der Waals surface area (Å²) in [6, 6.07) is 24.9. The molecule has 0 atom stereocenters. The van der Waals surface area contributed by atoms with Crippen molar-refractivity contribution in [3.63, 3.8) is 0 Å². The Labute approximate surface area is 215 Å². The van der Waals surface area contributed by atoms with Crippen LogP contribution in [0.1, 0.15) is 5.69 Å². The minimum absolute atomic E-state index is 0.250.